The number of nitrogens with one attached hydrogen (secondary N) is 1. The molecular formula is C18H30N2O. The van der Waals surface area contributed by atoms with E-state index >= 15 is 0 Å². The van der Waals surface area contributed by atoms with Crippen molar-refractivity contribution in [1.29, 1.82) is 0 Å². The zero-order chi connectivity index (χ0) is 15.2. The second-order valence-corrected chi connectivity index (χ2v) is 6.52. The summed E-state index contributed by atoms with van der Waals surface area (Å²) in [6.45, 7) is 9.51. The highest BCUT2D eigenvalue weighted by atomic mass is 16.5. The molecule has 0 bridgehead atoms. The molecule has 0 amide bonds. The zero-order valence-corrected chi connectivity index (χ0v) is 13.9. The van der Waals surface area contributed by atoms with Gasteiger partial charge >= 0.3 is 0 Å². The summed E-state index contributed by atoms with van der Waals surface area (Å²) in [5.74, 6) is 0. The summed E-state index contributed by atoms with van der Waals surface area (Å²) in [6.07, 6.45) is 2.61. The van der Waals surface area contributed by atoms with E-state index in [0.29, 0.717) is 18.2 Å². The first-order chi connectivity index (χ1) is 10.1. The lowest BCUT2D eigenvalue weighted by molar-refractivity contribution is 0.0814. The second-order valence-electron chi connectivity index (χ2n) is 6.52. The lowest BCUT2D eigenvalue weighted by atomic mass is 10.1. The predicted molar refractivity (Wildman–Crippen MR) is 88.6 cm³/mol. The maximum absolute atomic E-state index is 5.66. The van der Waals surface area contributed by atoms with Crippen LogP contribution in [0.2, 0.25) is 0 Å². The number of likely N-dealkylation sites (N-methyl/N-ethyl adjacent to an activating group) is 1. The van der Waals surface area contributed by atoms with E-state index in [0.717, 1.165) is 32.5 Å². The summed E-state index contributed by atoms with van der Waals surface area (Å²) >= 11 is 0. The highest BCUT2D eigenvalue weighted by molar-refractivity contribution is 5.22. The van der Waals surface area contributed by atoms with Crippen LogP contribution in [0.4, 0.5) is 0 Å². The van der Waals surface area contributed by atoms with Crippen molar-refractivity contribution in [2.45, 2.75) is 58.3 Å². The molecule has 1 saturated heterocycles. The van der Waals surface area contributed by atoms with Crippen molar-refractivity contribution >= 4 is 0 Å². The molecule has 2 unspecified atom stereocenters. The van der Waals surface area contributed by atoms with Gasteiger partial charge in [-0.3, -0.25) is 4.90 Å². The van der Waals surface area contributed by atoms with E-state index in [4.69, 9.17) is 4.74 Å². The van der Waals surface area contributed by atoms with Crippen molar-refractivity contribution < 1.29 is 4.74 Å². The van der Waals surface area contributed by atoms with Gasteiger partial charge in [-0.05, 0) is 44.5 Å². The van der Waals surface area contributed by atoms with E-state index in [2.05, 4.69) is 62.3 Å². The van der Waals surface area contributed by atoms with Crippen molar-refractivity contribution in [2.24, 2.45) is 0 Å². The molecule has 118 valence electrons. The standard InChI is InChI=1S/C18H30N2O/c1-14(2)19-11-9-16-5-7-17(8-6-16)13-20(4)18-10-12-21-15(18)3/h5-8,14-15,18-19H,9-13H2,1-4H3. The van der Waals surface area contributed by atoms with Crippen molar-refractivity contribution in [3.05, 3.63) is 35.4 Å². The summed E-state index contributed by atoms with van der Waals surface area (Å²) in [5, 5.41) is 3.46. The smallest absolute Gasteiger partial charge is 0.0703 e. The summed E-state index contributed by atoms with van der Waals surface area (Å²) in [6, 6.07) is 10.2. The average molecular weight is 290 g/mol. The van der Waals surface area contributed by atoms with Crippen LogP contribution in [-0.4, -0.2) is 43.3 Å². The van der Waals surface area contributed by atoms with Crippen LogP contribution in [0.1, 0.15) is 38.3 Å². The van der Waals surface area contributed by atoms with E-state index in [1.807, 2.05) is 0 Å². The molecule has 0 saturated carbocycles. The molecule has 2 atom stereocenters. The van der Waals surface area contributed by atoms with Crippen LogP contribution >= 0.6 is 0 Å². The fourth-order valence-electron chi connectivity index (χ4n) is 3.02. The van der Waals surface area contributed by atoms with Crippen LogP contribution in [0.3, 0.4) is 0 Å². The molecule has 1 aliphatic heterocycles. The molecule has 0 aromatic heterocycles. The third kappa shape index (κ3) is 5.10. The highest BCUT2D eigenvalue weighted by Crippen LogP contribution is 2.20. The Morgan fingerprint density at radius 3 is 2.48 bits per heavy atom. The van der Waals surface area contributed by atoms with E-state index in [1.165, 1.54) is 11.1 Å². The minimum Gasteiger partial charge on any atom is -0.377 e. The molecule has 0 aliphatic carbocycles. The fraction of sp³-hybridized carbons (Fsp3) is 0.667. The van der Waals surface area contributed by atoms with Crippen molar-refractivity contribution in [3.63, 3.8) is 0 Å². The summed E-state index contributed by atoms with van der Waals surface area (Å²) in [5.41, 5.74) is 2.80. The van der Waals surface area contributed by atoms with Gasteiger partial charge < -0.3 is 10.1 Å². The Kier molecular flexibility index (Phi) is 6.22. The lowest BCUT2D eigenvalue weighted by Crippen LogP contribution is -2.36. The number of hydrogen-bond acceptors (Lipinski definition) is 3. The number of benzene rings is 1. The van der Waals surface area contributed by atoms with Crippen LogP contribution in [0.15, 0.2) is 24.3 Å². The van der Waals surface area contributed by atoms with E-state index < -0.39 is 0 Å². The Labute approximate surface area is 129 Å². The van der Waals surface area contributed by atoms with Gasteiger partial charge in [0.1, 0.15) is 0 Å². The van der Waals surface area contributed by atoms with Gasteiger partial charge in [0.25, 0.3) is 0 Å². The molecule has 1 aromatic carbocycles. The van der Waals surface area contributed by atoms with Crippen LogP contribution in [0.25, 0.3) is 0 Å². The van der Waals surface area contributed by atoms with Crippen molar-refractivity contribution in [1.82, 2.24) is 10.2 Å². The summed E-state index contributed by atoms with van der Waals surface area (Å²) in [4.78, 5) is 2.42. The second kappa shape index (κ2) is 7.92. The molecule has 1 N–H and O–H groups in total. The lowest BCUT2D eigenvalue weighted by Gasteiger charge is -2.26. The minimum atomic E-state index is 0.358. The Morgan fingerprint density at radius 1 is 1.24 bits per heavy atom. The molecule has 21 heavy (non-hydrogen) atoms. The highest BCUT2D eigenvalue weighted by Gasteiger charge is 2.27. The van der Waals surface area contributed by atoms with Crippen molar-refractivity contribution in [2.75, 3.05) is 20.2 Å². The average Bonchev–Trinajstić information content (AvgIpc) is 2.87. The first-order valence-corrected chi connectivity index (χ1v) is 8.19. The van der Waals surface area contributed by atoms with E-state index in [9.17, 15) is 0 Å². The molecule has 0 spiro atoms. The zero-order valence-electron chi connectivity index (χ0n) is 13.9. The van der Waals surface area contributed by atoms with Gasteiger partial charge in [0.15, 0.2) is 0 Å². The van der Waals surface area contributed by atoms with Gasteiger partial charge in [-0.1, -0.05) is 38.1 Å². The normalized spacial score (nSPS) is 22.4. The number of rotatable bonds is 7. The summed E-state index contributed by atoms with van der Waals surface area (Å²) in [7, 11) is 2.20. The molecule has 3 nitrogen and oxygen atoms in total. The van der Waals surface area contributed by atoms with Gasteiger partial charge in [-0.2, -0.15) is 0 Å². The molecule has 3 heteroatoms. The fourth-order valence-corrected chi connectivity index (χ4v) is 3.02. The molecule has 2 rings (SSSR count). The number of nitrogens with zero attached hydrogens (tertiary/aromatic N) is 1. The van der Waals surface area contributed by atoms with E-state index in [-0.39, 0.29) is 0 Å². The maximum atomic E-state index is 5.66. The molecular weight excluding hydrogens is 260 g/mol. The molecule has 1 aromatic rings. The first kappa shape index (κ1) is 16.5. The Hall–Kier alpha value is -0.900. The monoisotopic (exact) mass is 290 g/mol. The van der Waals surface area contributed by atoms with Gasteiger partial charge in [0.05, 0.1) is 6.10 Å². The van der Waals surface area contributed by atoms with Gasteiger partial charge in [0.2, 0.25) is 0 Å². The first-order valence-electron chi connectivity index (χ1n) is 8.19. The molecule has 1 aliphatic rings. The van der Waals surface area contributed by atoms with Gasteiger partial charge in [-0.15, -0.1) is 0 Å². The Bertz CT molecular complexity index is 416. The number of ether oxygens (including phenoxy) is 1. The van der Waals surface area contributed by atoms with Gasteiger partial charge in [-0.25, -0.2) is 0 Å². The largest absolute Gasteiger partial charge is 0.377 e. The Balaban J connectivity index is 1.81. The van der Waals surface area contributed by atoms with Crippen molar-refractivity contribution in [3.8, 4) is 0 Å². The number of hydrogen-bond donors (Lipinski definition) is 1. The summed E-state index contributed by atoms with van der Waals surface area (Å²) < 4.78 is 5.66. The minimum absolute atomic E-state index is 0.358. The molecule has 0 radical (unpaired) electrons. The third-order valence-electron chi connectivity index (χ3n) is 4.32. The quantitative estimate of drug-likeness (QED) is 0.836. The van der Waals surface area contributed by atoms with Crippen LogP contribution < -0.4 is 5.32 Å². The van der Waals surface area contributed by atoms with E-state index in [1.54, 1.807) is 0 Å². The SMILES string of the molecule is CC(C)NCCc1ccc(CN(C)C2CCOC2C)cc1. The topological polar surface area (TPSA) is 24.5 Å². The van der Waals surface area contributed by atoms with Crippen LogP contribution in [0, 0.1) is 0 Å². The predicted octanol–water partition coefficient (Wildman–Crippen LogP) is 2.84. The Morgan fingerprint density at radius 2 is 1.90 bits per heavy atom. The third-order valence-corrected chi connectivity index (χ3v) is 4.32. The van der Waals surface area contributed by atoms with Crippen LogP contribution in [-0.2, 0) is 17.7 Å². The van der Waals surface area contributed by atoms with Crippen LogP contribution in [0.5, 0.6) is 0 Å². The maximum Gasteiger partial charge on any atom is 0.0703 e. The van der Waals surface area contributed by atoms with Gasteiger partial charge in [0, 0.05) is 25.2 Å². The molecule has 1 heterocycles. The molecule has 1 fully saturated rings.